The highest BCUT2D eigenvalue weighted by molar-refractivity contribution is 7.84. The Labute approximate surface area is 170 Å². The molecule has 2 aromatic carbocycles. The van der Waals surface area contributed by atoms with Crippen LogP contribution in [-0.4, -0.2) is 36.1 Å². The molecular weight excluding hydrogens is 370 g/mol. The molecule has 0 amide bonds. The van der Waals surface area contributed by atoms with Gasteiger partial charge in [-0.2, -0.15) is 0 Å². The number of guanidine groups is 1. The van der Waals surface area contributed by atoms with Crippen LogP contribution in [0.1, 0.15) is 24.0 Å². The Kier molecular flexibility index (Phi) is 7.91. The van der Waals surface area contributed by atoms with E-state index in [-0.39, 0.29) is 0 Å². The summed E-state index contributed by atoms with van der Waals surface area (Å²) in [5.74, 6) is 3.53. The lowest BCUT2D eigenvalue weighted by atomic mass is 10.2. The van der Waals surface area contributed by atoms with Crippen molar-refractivity contribution in [2.24, 2.45) is 10.9 Å². The van der Waals surface area contributed by atoms with Crippen LogP contribution < -0.4 is 15.4 Å². The van der Waals surface area contributed by atoms with Gasteiger partial charge < -0.3 is 15.4 Å². The van der Waals surface area contributed by atoms with E-state index in [4.69, 9.17) is 4.74 Å². The van der Waals surface area contributed by atoms with Crippen LogP contribution in [0.3, 0.4) is 0 Å². The van der Waals surface area contributed by atoms with E-state index < -0.39 is 10.8 Å². The summed E-state index contributed by atoms with van der Waals surface area (Å²) < 4.78 is 18.2. The van der Waals surface area contributed by atoms with Gasteiger partial charge in [0.1, 0.15) is 5.75 Å². The van der Waals surface area contributed by atoms with Gasteiger partial charge in [0.05, 0.1) is 6.61 Å². The van der Waals surface area contributed by atoms with Gasteiger partial charge in [0, 0.05) is 48.0 Å². The summed E-state index contributed by atoms with van der Waals surface area (Å²) in [4.78, 5) is 4.25. The zero-order valence-corrected chi connectivity index (χ0v) is 17.2. The number of rotatable bonds is 10. The summed E-state index contributed by atoms with van der Waals surface area (Å²) in [5.41, 5.74) is 2.21. The Morgan fingerprint density at radius 1 is 1.11 bits per heavy atom. The van der Waals surface area contributed by atoms with Crippen LogP contribution in [0.15, 0.2) is 59.6 Å². The normalized spacial score (nSPS) is 15.1. The second kappa shape index (κ2) is 10.9. The second-order valence-electron chi connectivity index (χ2n) is 6.99. The van der Waals surface area contributed by atoms with Crippen molar-refractivity contribution >= 4 is 16.8 Å². The molecule has 0 radical (unpaired) electrons. The van der Waals surface area contributed by atoms with Crippen molar-refractivity contribution in [1.82, 2.24) is 10.6 Å². The van der Waals surface area contributed by atoms with Crippen LogP contribution >= 0.6 is 0 Å². The lowest BCUT2D eigenvalue weighted by Gasteiger charge is -2.14. The highest BCUT2D eigenvalue weighted by Crippen LogP contribution is 2.30. The third kappa shape index (κ3) is 7.00. The number of hydrogen-bond donors (Lipinski definition) is 2. The number of benzene rings is 2. The van der Waals surface area contributed by atoms with Crippen LogP contribution in [-0.2, 0) is 23.1 Å². The largest absolute Gasteiger partial charge is 0.493 e. The zero-order valence-electron chi connectivity index (χ0n) is 16.4. The van der Waals surface area contributed by atoms with E-state index in [2.05, 4.69) is 21.7 Å². The van der Waals surface area contributed by atoms with E-state index in [9.17, 15) is 4.21 Å². The third-order valence-corrected chi connectivity index (χ3v) is 5.92. The molecule has 6 heteroatoms. The summed E-state index contributed by atoms with van der Waals surface area (Å²) in [6, 6.07) is 18.0. The zero-order chi connectivity index (χ0) is 19.6. The Morgan fingerprint density at radius 2 is 1.86 bits per heavy atom. The minimum atomic E-state index is -0.900. The molecule has 2 aromatic rings. The first-order valence-electron chi connectivity index (χ1n) is 9.78. The number of nitrogens with zero attached hydrogens (tertiary/aromatic N) is 1. The standard InChI is InChI=1S/C22H29N3O2S/c1-23-22(24-13-14-28(26)17-19-7-3-2-4-8-19)25-15-20-9-5-6-10-21(20)27-16-18-11-12-18/h2-10,18H,11-17H2,1H3,(H2,23,24,25). The summed E-state index contributed by atoms with van der Waals surface area (Å²) in [6.07, 6.45) is 2.56. The fraction of sp³-hybridized carbons (Fsp3) is 0.409. The van der Waals surface area contributed by atoms with Gasteiger partial charge in [-0.25, -0.2) is 0 Å². The van der Waals surface area contributed by atoms with E-state index in [0.29, 0.717) is 30.6 Å². The molecule has 3 rings (SSSR count). The van der Waals surface area contributed by atoms with Gasteiger partial charge in [0.25, 0.3) is 0 Å². The van der Waals surface area contributed by atoms with Crippen LogP contribution in [0.2, 0.25) is 0 Å². The SMILES string of the molecule is CN=C(NCCS(=O)Cc1ccccc1)NCc1ccccc1OCC1CC1. The second-order valence-corrected chi connectivity index (χ2v) is 8.57. The van der Waals surface area contributed by atoms with Crippen LogP contribution in [0.5, 0.6) is 5.75 Å². The minimum Gasteiger partial charge on any atom is -0.493 e. The molecule has 2 N–H and O–H groups in total. The van der Waals surface area contributed by atoms with Gasteiger partial charge >= 0.3 is 0 Å². The first-order chi connectivity index (χ1) is 13.7. The molecule has 1 saturated carbocycles. The topological polar surface area (TPSA) is 62.7 Å². The number of hydrogen-bond acceptors (Lipinski definition) is 3. The Bertz CT molecular complexity index is 791. The van der Waals surface area contributed by atoms with Gasteiger partial charge in [0.2, 0.25) is 0 Å². The van der Waals surface area contributed by atoms with Gasteiger partial charge in [-0.1, -0.05) is 48.5 Å². The minimum absolute atomic E-state index is 0.580. The van der Waals surface area contributed by atoms with E-state index >= 15 is 0 Å². The lowest BCUT2D eigenvalue weighted by Crippen LogP contribution is -2.38. The predicted octanol–water partition coefficient (Wildman–Crippen LogP) is 3.09. The Morgan fingerprint density at radius 3 is 2.61 bits per heavy atom. The molecule has 0 heterocycles. The highest BCUT2D eigenvalue weighted by Gasteiger charge is 2.22. The number of ether oxygens (including phenoxy) is 1. The van der Waals surface area contributed by atoms with Crippen LogP contribution in [0, 0.1) is 5.92 Å². The van der Waals surface area contributed by atoms with Gasteiger partial charge in [-0.15, -0.1) is 0 Å². The molecule has 1 fully saturated rings. The Balaban J connectivity index is 1.40. The third-order valence-electron chi connectivity index (χ3n) is 4.61. The predicted molar refractivity (Wildman–Crippen MR) is 116 cm³/mol. The molecule has 1 atom stereocenters. The van der Waals surface area contributed by atoms with Crippen LogP contribution in [0.4, 0.5) is 0 Å². The van der Waals surface area contributed by atoms with Crippen molar-refractivity contribution in [3.05, 3.63) is 65.7 Å². The highest BCUT2D eigenvalue weighted by atomic mass is 32.2. The first kappa shape index (κ1) is 20.4. The quantitative estimate of drug-likeness (QED) is 0.476. The van der Waals surface area contributed by atoms with Gasteiger partial charge in [-0.05, 0) is 30.4 Å². The van der Waals surface area contributed by atoms with E-state index in [0.717, 1.165) is 29.4 Å². The first-order valence-corrected chi connectivity index (χ1v) is 11.3. The van der Waals surface area contributed by atoms with E-state index in [1.54, 1.807) is 7.05 Å². The average molecular weight is 400 g/mol. The van der Waals surface area contributed by atoms with Gasteiger partial charge in [0.15, 0.2) is 5.96 Å². The molecule has 28 heavy (non-hydrogen) atoms. The molecule has 0 aliphatic heterocycles. The number of para-hydroxylation sites is 1. The monoisotopic (exact) mass is 399 g/mol. The van der Waals surface area contributed by atoms with Crippen molar-refractivity contribution in [3.8, 4) is 5.75 Å². The Hall–Kier alpha value is -2.34. The van der Waals surface area contributed by atoms with E-state index in [1.807, 2.05) is 48.5 Å². The fourth-order valence-corrected chi connectivity index (χ4v) is 3.84. The summed E-state index contributed by atoms with van der Waals surface area (Å²) >= 11 is 0. The lowest BCUT2D eigenvalue weighted by molar-refractivity contribution is 0.296. The number of nitrogens with one attached hydrogen (secondary N) is 2. The van der Waals surface area contributed by atoms with Crippen LogP contribution in [0.25, 0.3) is 0 Å². The maximum absolute atomic E-state index is 12.2. The van der Waals surface area contributed by atoms with E-state index in [1.165, 1.54) is 12.8 Å². The summed E-state index contributed by atoms with van der Waals surface area (Å²) in [6.45, 7) is 2.05. The molecule has 0 aromatic heterocycles. The van der Waals surface area contributed by atoms with Crippen molar-refractivity contribution in [2.45, 2.75) is 25.1 Å². The molecular formula is C22H29N3O2S. The average Bonchev–Trinajstić information content (AvgIpc) is 3.55. The molecule has 1 aliphatic carbocycles. The summed E-state index contributed by atoms with van der Waals surface area (Å²) in [5, 5.41) is 6.55. The summed E-state index contributed by atoms with van der Waals surface area (Å²) in [7, 11) is 0.842. The molecule has 150 valence electrons. The maximum Gasteiger partial charge on any atom is 0.191 e. The van der Waals surface area contributed by atoms with Crippen molar-refractivity contribution in [3.63, 3.8) is 0 Å². The molecule has 0 spiro atoms. The maximum atomic E-state index is 12.2. The molecule has 5 nitrogen and oxygen atoms in total. The molecule has 1 unspecified atom stereocenters. The fourth-order valence-electron chi connectivity index (χ4n) is 2.80. The molecule has 0 saturated heterocycles. The molecule has 1 aliphatic rings. The van der Waals surface area contributed by atoms with Crippen molar-refractivity contribution in [1.29, 1.82) is 0 Å². The molecule has 0 bridgehead atoms. The van der Waals surface area contributed by atoms with Crippen molar-refractivity contribution < 1.29 is 8.95 Å². The smallest absolute Gasteiger partial charge is 0.191 e. The number of aliphatic imine (C=N–C) groups is 1. The van der Waals surface area contributed by atoms with Gasteiger partial charge in [-0.3, -0.25) is 9.20 Å². The van der Waals surface area contributed by atoms with Crippen molar-refractivity contribution in [2.75, 3.05) is 26.0 Å².